The van der Waals surface area contributed by atoms with Gasteiger partial charge in [-0.3, -0.25) is 4.79 Å². The molecule has 3 nitrogen and oxygen atoms in total. The second kappa shape index (κ2) is 4.54. The maximum atomic E-state index is 11.6. The van der Waals surface area contributed by atoms with Crippen LogP contribution < -0.4 is 5.56 Å². The van der Waals surface area contributed by atoms with E-state index in [1.54, 1.807) is 0 Å². The second-order valence-corrected chi connectivity index (χ2v) is 4.71. The molecule has 1 fully saturated rings. The Bertz CT molecular complexity index is 412. The van der Waals surface area contributed by atoms with E-state index >= 15 is 0 Å². The Kier molecular flexibility index (Phi) is 3.32. The minimum absolute atomic E-state index is 0.0697. The highest BCUT2D eigenvalue weighted by molar-refractivity contribution is 6.41. The molecule has 0 amide bonds. The van der Waals surface area contributed by atoms with Gasteiger partial charge in [0.1, 0.15) is 5.02 Å². The summed E-state index contributed by atoms with van der Waals surface area (Å²) in [6.45, 7) is 0.639. The number of halogens is 2. The Balaban J connectivity index is 2.07. The summed E-state index contributed by atoms with van der Waals surface area (Å²) in [5.74, 6) is 0.758. The van der Waals surface area contributed by atoms with Crippen LogP contribution >= 0.6 is 23.2 Å². The highest BCUT2D eigenvalue weighted by Crippen LogP contribution is 2.29. The number of aryl methyl sites for hydroxylation is 1. The van der Waals surface area contributed by atoms with E-state index in [0.29, 0.717) is 6.54 Å². The van der Waals surface area contributed by atoms with Gasteiger partial charge in [0.05, 0.1) is 11.2 Å². The summed E-state index contributed by atoms with van der Waals surface area (Å²) >= 11 is 11.4. The van der Waals surface area contributed by atoms with Crippen molar-refractivity contribution >= 4 is 23.2 Å². The van der Waals surface area contributed by atoms with Gasteiger partial charge in [-0.25, -0.2) is 4.68 Å². The number of rotatable bonds is 3. The molecule has 0 atom stereocenters. The average Bonchev–Trinajstić information content (AvgIpc) is 2.15. The molecule has 1 aliphatic carbocycles. The van der Waals surface area contributed by atoms with E-state index in [-0.39, 0.29) is 15.6 Å². The van der Waals surface area contributed by atoms with Gasteiger partial charge in [0, 0.05) is 6.54 Å². The molecule has 5 heteroatoms. The summed E-state index contributed by atoms with van der Waals surface area (Å²) in [7, 11) is 0. The summed E-state index contributed by atoms with van der Waals surface area (Å²) in [6, 6.07) is 0. The fourth-order valence-electron chi connectivity index (χ4n) is 1.69. The number of hydrogen-bond donors (Lipinski definition) is 0. The predicted molar refractivity (Wildman–Crippen MR) is 60.5 cm³/mol. The SMILES string of the molecule is O=c1c(Cl)c(Cl)cnn1CCC1CCC1. The normalized spacial score (nSPS) is 16.4. The first-order valence-electron chi connectivity index (χ1n) is 5.09. The van der Waals surface area contributed by atoms with E-state index in [9.17, 15) is 4.79 Å². The Morgan fingerprint density at radius 2 is 2.20 bits per heavy atom. The van der Waals surface area contributed by atoms with Crippen LogP contribution in [0.25, 0.3) is 0 Å². The van der Waals surface area contributed by atoms with E-state index in [1.165, 1.54) is 30.1 Å². The van der Waals surface area contributed by atoms with Crippen molar-refractivity contribution in [3.05, 3.63) is 26.6 Å². The van der Waals surface area contributed by atoms with Crippen molar-refractivity contribution in [3.63, 3.8) is 0 Å². The zero-order valence-corrected chi connectivity index (χ0v) is 9.76. The molecule has 0 unspecified atom stereocenters. The molecular formula is C10H12Cl2N2O. The predicted octanol–water partition coefficient (Wildman–Crippen LogP) is 2.74. The van der Waals surface area contributed by atoms with Gasteiger partial charge in [0.15, 0.2) is 0 Å². The topological polar surface area (TPSA) is 34.9 Å². The van der Waals surface area contributed by atoms with Crippen molar-refractivity contribution < 1.29 is 0 Å². The van der Waals surface area contributed by atoms with Crippen LogP contribution in [-0.2, 0) is 6.54 Å². The van der Waals surface area contributed by atoms with Gasteiger partial charge in [0.2, 0.25) is 0 Å². The summed E-state index contributed by atoms with van der Waals surface area (Å²) in [4.78, 5) is 11.6. The monoisotopic (exact) mass is 246 g/mol. The molecule has 0 spiro atoms. The molecule has 0 aliphatic heterocycles. The fraction of sp³-hybridized carbons (Fsp3) is 0.600. The van der Waals surface area contributed by atoms with Crippen molar-refractivity contribution in [3.8, 4) is 0 Å². The first-order valence-corrected chi connectivity index (χ1v) is 5.85. The number of hydrogen-bond acceptors (Lipinski definition) is 2. The molecule has 0 bridgehead atoms. The van der Waals surface area contributed by atoms with Crippen LogP contribution in [0.4, 0.5) is 0 Å². The molecule has 0 aromatic carbocycles. The maximum Gasteiger partial charge on any atom is 0.287 e. The van der Waals surface area contributed by atoms with Gasteiger partial charge < -0.3 is 0 Å². The largest absolute Gasteiger partial charge is 0.287 e. The Morgan fingerprint density at radius 1 is 1.47 bits per heavy atom. The van der Waals surface area contributed by atoms with Gasteiger partial charge >= 0.3 is 0 Å². The molecule has 1 saturated carbocycles. The van der Waals surface area contributed by atoms with Crippen LogP contribution in [0.1, 0.15) is 25.7 Å². The van der Waals surface area contributed by atoms with Gasteiger partial charge in [-0.05, 0) is 12.3 Å². The molecule has 1 heterocycles. The molecule has 0 radical (unpaired) electrons. The number of aromatic nitrogens is 2. The maximum absolute atomic E-state index is 11.6. The first kappa shape index (κ1) is 11.0. The lowest BCUT2D eigenvalue weighted by molar-refractivity contribution is 0.276. The van der Waals surface area contributed by atoms with Crippen LogP contribution in [0.3, 0.4) is 0 Å². The van der Waals surface area contributed by atoms with Crippen molar-refractivity contribution in [2.75, 3.05) is 0 Å². The van der Waals surface area contributed by atoms with Gasteiger partial charge in [0.25, 0.3) is 5.56 Å². The second-order valence-electron chi connectivity index (χ2n) is 3.92. The van der Waals surface area contributed by atoms with Crippen LogP contribution in [0.15, 0.2) is 11.0 Å². The molecule has 0 saturated heterocycles. The molecule has 82 valence electrons. The van der Waals surface area contributed by atoms with E-state index in [4.69, 9.17) is 23.2 Å². The lowest BCUT2D eigenvalue weighted by atomic mass is 9.83. The summed E-state index contributed by atoms with van der Waals surface area (Å²) in [5, 5.41) is 4.25. The van der Waals surface area contributed by atoms with E-state index < -0.39 is 0 Å². The molecule has 1 aromatic heterocycles. The van der Waals surface area contributed by atoms with Crippen LogP contribution in [0.5, 0.6) is 0 Å². The highest BCUT2D eigenvalue weighted by atomic mass is 35.5. The molecule has 0 N–H and O–H groups in total. The third-order valence-corrected chi connectivity index (χ3v) is 3.66. The highest BCUT2D eigenvalue weighted by Gasteiger charge is 2.17. The molecular weight excluding hydrogens is 235 g/mol. The van der Waals surface area contributed by atoms with Crippen LogP contribution in [-0.4, -0.2) is 9.78 Å². The third-order valence-electron chi connectivity index (χ3n) is 2.92. The van der Waals surface area contributed by atoms with E-state index in [0.717, 1.165) is 12.3 Å². The van der Waals surface area contributed by atoms with Gasteiger partial charge in [-0.2, -0.15) is 5.10 Å². The Hall–Kier alpha value is -0.540. The molecule has 15 heavy (non-hydrogen) atoms. The minimum Gasteiger partial charge on any atom is -0.266 e. The average molecular weight is 247 g/mol. The molecule has 1 aromatic rings. The molecule has 1 aliphatic rings. The Labute approximate surface area is 98.0 Å². The summed E-state index contributed by atoms with van der Waals surface area (Å²) in [5.41, 5.74) is -0.288. The third kappa shape index (κ3) is 2.34. The van der Waals surface area contributed by atoms with Gasteiger partial charge in [-0.15, -0.1) is 0 Å². The van der Waals surface area contributed by atoms with Crippen LogP contribution in [0, 0.1) is 5.92 Å². The summed E-state index contributed by atoms with van der Waals surface area (Å²) < 4.78 is 1.40. The van der Waals surface area contributed by atoms with Gasteiger partial charge in [-0.1, -0.05) is 42.5 Å². The smallest absolute Gasteiger partial charge is 0.266 e. The minimum atomic E-state index is -0.288. The van der Waals surface area contributed by atoms with Crippen molar-refractivity contribution in [1.29, 1.82) is 0 Å². The summed E-state index contributed by atoms with van der Waals surface area (Å²) in [6.07, 6.45) is 6.29. The fourth-order valence-corrected chi connectivity index (χ4v) is 1.96. The zero-order valence-electron chi connectivity index (χ0n) is 8.25. The van der Waals surface area contributed by atoms with Crippen molar-refractivity contribution in [2.45, 2.75) is 32.2 Å². The lowest BCUT2D eigenvalue weighted by Gasteiger charge is -2.25. The van der Waals surface area contributed by atoms with Crippen molar-refractivity contribution in [1.82, 2.24) is 9.78 Å². The number of nitrogens with zero attached hydrogens (tertiary/aromatic N) is 2. The lowest BCUT2D eigenvalue weighted by Crippen LogP contribution is -2.25. The molecule has 2 rings (SSSR count). The van der Waals surface area contributed by atoms with E-state index in [2.05, 4.69) is 5.10 Å². The Morgan fingerprint density at radius 3 is 2.80 bits per heavy atom. The van der Waals surface area contributed by atoms with E-state index in [1.807, 2.05) is 0 Å². The van der Waals surface area contributed by atoms with Crippen LogP contribution in [0.2, 0.25) is 10.0 Å². The first-order chi connectivity index (χ1) is 7.18. The van der Waals surface area contributed by atoms with Crippen molar-refractivity contribution in [2.24, 2.45) is 5.92 Å². The zero-order chi connectivity index (χ0) is 10.8. The standard InChI is InChI=1S/C10H12Cl2N2O/c11-8-6-13-14(10(15)9(8)12)5-4-7-2-1-3-7/h6-7H,1-5H2. The quantitative estimate of drug-likeness (QED) is 0.823.